The molecule has 0 bridgehead atoms. The minimum atomic E-state index is -4.36. The molecule has 0 aliphatic carbocycles. The van der Waals surface area contributed by atoms with Crippen LogP contribution in [0, 0.1) is 5.82 Å². The third-order valence-corrected chi connectivity index (χ3v) is 3.66. The zero-order chi connectivity index (χ0) is 15.5. The monoisotopic (exact) mass is 315 g/mol. The Morgan fingerprint density at radius 3 is 2.29 bits per heavy atom. The summed E-state index contributed by atoms with van der Waals surface area (Å²) in [5, 5.41) is 2.93. The normalized spacial score (nSPS) is 13.0. The number of anilines is 1. The topological polar surface area (TPSA) is 12.0 Å². The molecular formula is C15H13F4NS. The first-order valence-electron chi connectivity index (χ1n) is 6.22. The summed E-state index contributed by atoms with van der Waals surface area (Å²) >= 11 is -0.188. The Balaban J connectivity index is 2.22. The van der Waals surface area contributed by atoms with Gasteiger partial charge in [0, 0.05) is 16.1 Å². The van der Waals surface area contributed by atoms with Crippen LogP contribution in [0.4, 0.5) is 23.2 Å². The van der Waals surface area contributed by atoms with Gasteiger partial charge in [-0.05, 0) is 36.9 Å². The highest BCUT2D eigenvalue weighted by Gasteiger charge is 2.30. The van der Waals surface area contributed by atoms with Crippen molar-refractivity contribution in [2.45, 2.75) is 23.4 Å². The van der Waals surface area contributed by atoms with Gasteiger partial charge >= 0.3 is 5.51 Å². The van der Waals surface area contributed by atoms with Gasteiger partial charge in [-0.25, -0.2) is 4.39 Å². The molecule has 1 N–H and O–H groups in total. The quantitative estimate of drug-likeness (QED) is 0.581. The van der Waals surface area contributed by atoms with E-state index in [4.69, 9.17) is 0 Å². The second kappa shape index (κ2) is 6.39. The van der Waals surface area contributed by atoms with E-state index in [2.05, 4.69) is 5.32 Å². The van der Waals surface area contributed by atoms with Crippen LogP contribution in [-0.2, 0) is 0 Å². The number of rotatable bonds is 4. The summed E-state index contributed by atoms with van der Waals surface area (Å²) in [4.78, 5) is 0.0631. The van der Waals surface area contributed by atoms with E-state index >= 15 is 0 Å². The molecule has 2 aromatic rings. The molecule has 0 amide bonds. The molecule has 1 nitrogen and oxygen atoms in total. The van der Waals surface area contributed by atoms with Crippen LogP contribution in [0.25, 0.3) is 0 Å². The van der Waals surface area contributed by atoms with E-state index in [0.717, 1.165) is 0 Å². The Bertz CT molecular complexity index is 613. The second-order valence-electron chi connectivity index (χ2n) is 4.43. The molecular weight excluding hydrogens is 302 g/mol. The fourth-order valence-corrected chi connectivity index (χ4v) is 2.57. The Kier molecular flexibility index (Phi) is 4.77. The first kappa shape index (κ1) is 15.7. The molecule has 0 aliphatic heterocycles. The summed E-state index contributed by atoms with van der Waals surface area (Å²) in [7, 11) is 0. The Morgan fingerprint density at radius 2 is 1.62 bits per heavy atom. The minimum absolute atomic E-state index is 0.0631. The van der Waals surface area contributed by atoms with Crippen molar-refractivity contribution in [2.75, 3.05) is 5.32 Å². The predicted molar refractivity (Wildman–Crippen MR) is 76.8 cm³/mol. The summed E-state index contributed by atoms with van der Waals surface area (Å²) in [6, 6.07) is 11.8. The van der Waals surface area contributed by atoms with Crippen molar-refractivity contribution in [3.63, 3.8) is 0 Å². The maximum absolute atomic E-state index is 13.7. The van der Waals surface area contributed by atoms with Crippen LogP contribution >= 0.6 is 11.8 Å². The largest absolute Gasteiger partial charge is 0.446 e. The van der Waals surface area contributed by atoms with Crippen molar-refractivity contribution in [2.24, 2.45) is 0 Å². The predicted octanol–water partition coefficient (Wildman–Crippen LogP) is 5.61. The van der Waals surface area contributed by atoms with Gasteiger partial charge in [-0.1, -0.05) is 30.3 Å². The number of benzene rings is 2. The molecule has 0 saturated carbocycles. The molecule has 0 radical (unpaired) electrons. The van der Waals surface area contributed by atoms with Gasteiger partial charge in [0.15, 0.2) is 0 Å². The highest BCUT2D eigenvalue weighted by Crippen LogP contribution is 2.41. The van der Waals surface area contributed by atoms with Crippen molar-refractivity contribution >= 4 is 17.4 Å². The molecule has 112 valence electrons. The van der Waals surface area contributed by atoms with Gasteiger partial charge in [0.25, 0.3) is 0 Å². The number of alkyl halides is 3. The van der Waals surface area contributed by atoms with Crippen molar-refractivity contribution in [1.82, 2.24) is 0 Å². The number of para-hydroxylation sites is 1. The summed E-state index contributed by atoms with van der Waals surface area (Å²) in [6.45, 7) is 1.70. The average Bonchev–Trinajstić information content (AvgIpc) is 2.40. The molecule has 0 aliphatic rings. The Labute approximate surface area is 124 Å². The van der Waals surface area contributed by atoms with Gasteiger partial charge in [0.2, 0.25) is 0 Å². The lowest BCUT2D eigenvalue weighted by Crippen LogP contribution is -2.10. The number of hydrogen-bond acceptors (Lipinski definition) is 2. The van der Waals surface area contributed by atoms with Crippen LogP contribution in [0.1, 0.15) is 18.5 Å². The number of thioether (sulfide) groups is 1. The SMILES string of the molecule is CC(Nc1ccccc1SC(F)(F)F)c1ccccc1F. The van der Waals surface area contributed by atoms with Crippen molar-refractivity contribution in [3.8, 4) is 0 Å². The van der Waals surface area contributed by atoms with Gasteiger partial charge in [-0.2, -0.15) is 13.2 Å². The smallest absolute Gasteiger partial charge is 0.378 e. The lowest BCUT2D eigenvalue weighted by molar-refractivity contribution is -0.0327. The molecule has 1 unspecified atom stereocenters. The molecule has 0 heterocycles. The van der Waals surface area contributed by atoms with Gasteiger partial charge < -0.3 is 5.32 Å². The first-order valence-corrected chi connectivity index (χ1v) is 7.04. The van der Waals surface area contributed by atoms with Crippen molar-refractivity contribution in [1.29, 1.82) is 0 Å². The third kappa shape index (κ3) is 4.39. The molecule has 21 heavy (non-hydrogen) atoms. The van der Waals surface area contributed by atoms with Crippen LogP contribution in [0.5, 0.6) is 0 Å². The number of hydrogen-bond donors (Lipinski definition) is 1. The van der Waals surface area contributed by atoms with Crippen molar-refractivity contribution < 1.29 is 17.6 Å². The van der Waals surface area contributed by atoms with Crippen molar-refractivity contribution in [3.05, 3.63) is 59.9 Å². The molecule has 2 aromatic carbocycles. The first-order chi connectivity index (χ1) is 9.87. The summed E-state index contributed by atoms with van der Waals surface area (Å²) in [6.07, 6.45) is 0. The van der Waals surface area contributed by atoms with Gasteiger partial charge in [0.1, 0.15) is 5.82 Å². The fraction of sp³-hybridized carbons (Fsp3) is 0.200. The van der Waals surface area contributed by atoms with E-state index in [0.29, 0.717) is 11.3 Å². The van der Waals surface area contributed by atoms with Crippen LogP contribution in [-0.4, -0.2) is 5.51 Å². The summed E-state index contributed by atoms with van der Waals surface area (Å²) < 4.78 is 51.3. The van der Waals surface area contributed by atoms with Gasteiger partial charge in [-0.15, -0.1) is 0 Å². The third-order valence-electron chi connectivity index (χ3n) is 2.86. The average molecular weight is 315 g/mol. The molecule has 0 aromatic heterocycles. The maximum Gasteiger partial charge on any atom is 0.446 e. The highest BCUT2D eigenvalue weighted by atomic mass is 32.2. The Hall–Kier alpha value is -1.69. The van der Waals surface area contributed by atoms with E-state index in [1.807, 2.05) is 0 Å². The lowest BCUT2D eigenvalue weighted by Gasteiger charge is -2.19. The van der Waals surface area contributed by atoms with E-state index in [-0.39, 0.29) is 16.7 Å². The van der Waals surface area contributed by atoms with E-state index in [9.17, 15) is 17.6 Å². The Morgan fingerprint density at radius 1 is 1.00 bits per heavy atom. The molecule has 1 atom stereocenters. The van der Waals surface area contributed by atoms with Gasteiger partial charge in [0.05, 0.1) is 6.04 Å². The molecule has 6 heteroatoms. The molecule has 0 saturated heterocycles. The summed E-state index contributed by atoms with van der Waals surface area (Å²) in [5.41, 5.74) is -3.63. The van der Waals surface area contributed by atoms with Crippen LogP contribution in [0.3, 0.4) is 0 Å². The maximum atomic E-state index is 13.7. The van der Waals surface area contributed by atoms with E-state index < -0.39 is 17.4 Å². The minimum Gasteiger partial charge on any atom is -0.378 e. The fourth-order valence-electron chi connectivity index (χ4n) is 1.94. The molecule has 0 spiro atoms. The van der Waals surface area contributed by atoms with Crippen LogP contribution < -0.4 is 5.32 Å². The number of halogens is 4. The zero-order valence-electron chi connectivity index (χ0n) is 11.1. The van der Waals surface area contributed by atoms with E-state index in [1.54, 1.807) is 37.3 Å². The van der Waals surface area contributed by atoms with Crippen LogP contribution in [0.2, 0.25) is 0 Å². The van der Waals surface area contributed by atoms with Crippen LogP contribution in [0.15, 0.2) is 53.4 Å². The molecule has 0 fully saturated rings. The summed E-state index contributed by atoms with van der Waals surface area (Å²) in [5.74, 6) is -0.390. The number of nitrogens with one attached hydrogen (secondary N) is 1. The standard InChI is InChI=1S/C15H13F4NS/c1-10(11-6-2-3-7-12(11)16)20-13-8-4-5-9-14(13)21-15(17,18)19/h2-10,20H,1H3. The highest BCUT2D eigenvalue weighted by molar-refractivity contribution is 8.00. The van der Waals surface area contributed by atoms with Gasteiger partial charge in [-0.3, -0.25) is 0 Å². The van der Waals surface area contributed by atoms with E-state index in [1.165, 1.54) is 18.2 Å². The molecule has 2 rings (SSSR count). The lowest BCUT2D eigenvalue weighted by atomic mass is 10.1. The zero-order valence-corrected chi connectivity index (χ0v) is 11.9. The second-order valence-corrected chi connectivity index (χ2v) is 5.54.